The third kappa shape index (κ3) is 8.58. The van der Waals surface area contributed by atoms with Crippen LogP contribution in [0, 0.1) is 21.4 Å². The molecule has 3 aliphatic heterocycles. The maximum absolute atomic E-state index is 14.1. The van der Waals surface area contributed by atoms with Crippen molar-refractivity contribution in [2.45, 2.75) is 120 Å². The predicted molar refractivity (Wildman–Crippen MR) is 249 cm³/mol. The lowest BCUT2D eigenvalue weighted by Crippen LogP contribution is -2.54. The Balaban J connectivity index is 0.855. The van der Waals surface area contributed by atoms with Crippen molar-refractivity contribution in [3.8, 4) is 23.0 Å². The normalized spacial score (nSPS) is 24.4. The van der Waals surface area contributed by atoms with Gasteiger partial charge in [-0.15, -0.1) is 0 Å². The summed E-state index contributed by atoms with van der Waals surface area (Å²) in [6.45, 7) is 9.21. The van der Waals surface area contributed by atoms with Crippen molar-refractivity contribution in [1.82, 2.24) is 19.6 Å². The lowest BCUT2D eigenvalue weighted by Gasteiger charge is -2.56. The summed E-state index contributed by atoms with van der Waals surface area (Å²) < 4.78 is 48.4. The number of nitrogens with zero attached hydrogens (tertiary/aromatic N) is 4. The van der Waals surface area contributed by atoms with E-state index in [-0.39, 0.29) is 35.3 Å². The molecule has 0 bridgehead atoms. The summed E-state index contributed by atoms with van der Waals surface area (Å²) in [5, 5.41) is 23.6. The second-order valence-corrected chi connectivity index (χ2v) is 21.5. The van der Waals surface area contributed by atoms with Gasteiger partial charge in [-0.2, -0.15) is 0 Å². The van der Waals surface area contributed by atoms with Crippen LogP contribution in [0.4, 0.5) is 11.4 Å². The molecule has 2 atom stereocenters. The van der Waals surface area contributed by atoms with E-state index < -0.39 is 43.1 Å². The Morgan fingerprint density at radius 3 is 2.55 bits per heavy atom. The molecule has 16 heteroatoms. The number of hydrogen-bond donors (Lipinski definition) is 3. The molecule has 4 fully saturated rings. The molecule has 15 nitrogen and oxygen atoms in total. The van der Waals surface area contributed by atoms with Gasteiger partial charge < -0.3 is 29.2 Å². The van der Waals surface area contributed by atoms with Gasteiger partial charge >= 0.3 is 5.69 Å². The zero-order valence-electron chi connectivity index (χ0n) is 37.7. The number of aromatic nitrogens is 2. The van der Waals surface area contributed by atoms with E-state index in [9.17, 15) is 28.4 Å². The van der Waals surface area contributed by atoms with E-state index in [1.165, 1.54) is 43.0 Å². The number of nitro benzene ring substituents is 1. The molecule has 5 aliphatic rings. The highest BCUT2D eigenvalue weighted by molar-refractivity contribution is 7.90. The summed E-state index contributed by atoms with van der Waals surface area (Å²) in [4.78, 5) is 37.8. The van der Waals surface area contributed by atoms with Crippen LogP contribution in [0.1, 0.15) is 118 Å². The molecule has 2 saturated heterocycles. The van der Waals surface area contributed by atoms with Crippen LogP contribution in [0.3, 0.4) is 0 Å². The molecule has 3 N–H and O–H groups in total. The number of piperidine rings is 1. The topological polar surface area (TPSA) is 189 Å². The molecule has 2 aromatic heterocycles. The number of ether oxygens (including phenoxy) is 3. The lowest BCUT2D eigenvalue weighted by atomic mass is 9.59. The molecule has 0 radical (unpaired) electrons. The highest BCUT2D eigenvalue weighted by Crippen LogP contribution is 2.54. The van der Waals surface area contributed by atoms with Crippen molar-refractivity contribution >= 4 is 38.3 Å². The van der Waals surface area contributed by atoms with Gasteiger partial charge in [0.15, 0.2) is 5.75 Å². The zero-order valence-corrected chi connectivity index (χ0v) is 38.5. The van der Waals surface area contributed by atoms with Gasteiger partial charge in [-0.1, -0.05) is 38.1 Å². The number of benzene rings is 3. The van der Waals surface area contributed by atoms with Gasteiger partial charge in [0.25, 0.3) is 15.9 Å². The Morgan fingerprint density at radius 2 is 1.79 bits per heavy atom. The molecular formula is C50H58N6O9S. The van der Waals surface area contributed by atoms with Crippen LogP contribution in [0.2, 0.25) is 0 Å². The minimum absolute atomic E-state index is 0.00166. The number of nitro groups is 1. The molecular weight excluding hydrogens is 861 g/mol. The smallest absolute Gasteiger partial charge is 0.316 e. The third-order valence-electron chi connectivity index (χ3n) is 15.1. The molecule has 0 unspecified atom stereocenters. The van der Waals surface area contributed by atoms with Gasteiger partial charge in [0, 0.05) is 60.6 Å². The van der Waals surface area contributed by atoms with E-state index in [2.05, 4.69) is 62.6 Å². The largest absolute Gasteiger partial charge is 0.485 e. The number of likely N-dealkylation sites (tertiary alicyclic amines) is 1. The van der Waals surface area contributed by atoms with Crippen molar-refractivity contribution in [3.05, 3.63) is 106 Å². The number of rotatable bonds is 11. The standard InChI is InChI=1S/C50H58N6O9S/c1-31(2)38-7-4-5-8-39(38)41-9-6-20-55(41)35-27-50(28-35)17-21-54(22-18-50)34-10-11-40(43(24-34)64-36-23-33-14-19-51-47(33)52-29-36)48(57)53-66(61,62)37-25-42(56(59)60)46-44(26-37)63-30-45(65-46)32-12-15-49(3,58)16-13-32/h4-5,7-8,10-11,14,19,23-26,29,31-32,35,41,45,58H,6,9,12-13,15-18,20-22,27-28,30H2,1-3H3,(H,51,52)(H,53,57)/t32-,41-,45+,49-/m1/s1. The fraction of sp³-hybridized carbons (Fsp3) is 0.480. The Hall–Kier alpha value is -5.71. The number of pyridine rings is 1. The molecule has 5 aromatic rings. The van der Waals surface area contributed by atoms with Crippen LogP contribution < -0.4 is 23.8 Å². The number of aliphatic hydroxyl groups is 1. The fourth-order valence-corrected chi connectivity index (χ4v) is 12.3. The number of carbonyl (C=O) groups excluding carboxylic acids is 1. The number of nitrogens with one attached hydrogen (secondary N) is 2. The molecule has 1 spiro atoms. The third-order valence-corrected chi connectivity index (χ3v) is 16.4. The molecule has 2 aliphatic carbocycles. The van der Waals surface area contributed by atoms with E-state index in [0.717, 1.165) is 55.7 Å². The van der Waals surface area contributed by atoms with Gasteiger partial charge in [-0.05, 0) is 130 Å². The number of fused-ring (bicyclic) bond motifs is 2. The Kier molecular flexibility index (Phi) is 11.5. The van der Waals surface area contributed by atoms with Gasteiger partial charge in [0.1, 0.15) is 29.9 Å². The van der Waals surface area contributed by atoms with Gasteiger partial charge in [0.05, 0.1) is 27.2 Å². The monoisotopic (exact) mass is 918 g/mol. The summed E-state index contributed by atoms with van der Waals surface area (Å²) in [7, 11) is -4.68. The maximum atomic E-state index is 14.1. The zero-order chi connectivity index (χ0) is 46.0. The van der Waals surface area contributed by atoms with Crippen molar-refractivity contribution < 1.29 is 37.5 Å². The lowest BCUT2D eigenvalue weighted by molar-refractivity contribution is -0.386. The summed E-state index contributed by atoms with van der Waals surface area (Å²) in [5.74, 6) is -0.281. The highest BCUT2D eigenvalue weighted by Gasteiger charge is 2.50. The average molecular weight is 919 g/mol. The summed E-state index contributed by atoms with van der Waals surface area (Å²) in [6, 6.07) is 20.8. The summed E-state index contributed by atoms with van der Waals surface area (Å²) in [6.07, 6.45) is 12.1. The molecule has 5 heterocycles. The number of carbonyl (C=O) groups is 1. The first-order valence-electron chi connectivity index (χ1n) is 23.4. The molecule has 348 valence electrons. The van der Waals surface area contributed by atoms with Crippen LogP contribution in [0.15, 0.2) is 84.0 Å². The van der Waals surface area contributed by atoms with E-state index in [1.54, 1.807) is 31.3 Å². The summed E-state index contributed by atoms with van der Waals surface area (Å²) >= 11 is 0. The van der Waals surface area contributed by atoms with Crippen LogP contribution in [0.5, 0.6) is 23.0 Å². The number of anilines is 1. The second kappa shape index (κ2) is 17.2. The van der Waals surface area contributed by atoms with E-state index in [4.69, 9.17) is 14.2 Å². The molecule has 2 saturated carbocycles. The van der Waals surface area contributed by atoms with Crippen molar-refractivity contribution in [3.63, 3.8) is 0 Å². The Labute approximate surface area is 385 Å². The number of H-pyrrole nitrogens is 1. The van der Waals surface area contributed by atoms with Crippen LogP contribution in [-0.2, 0) is 10.0 Å². The minimum atomic E-state index is -4.68. The van der Waals surface area contributed by atoms with Crippen molar-refractivity contribution in [2.75, 3.05) is 31.1 Å². The first kappa shape index (κ1) is 44.1. The van der Waals surface area contributed by atoms with Gasteiger partial charge in [-0.25, -0.2) is 18.1 Å². The molecule has 3 aromatic carbocycles. The van der Waals surface area contributed by atoms with Crippen LogP contribution in [0.25, 0.3) is 11.0 Å². The first-order valence-corrected chi connectivity index (χ1v) is 24.9. The van der Waals surface area contributed by atoms with Gasteiger partial charge in [0.2, 0.25) is 5.75 Å². The number of sulfonamides is 1. The summed E-state index contributed by atoms with van der Waals surface area (Å²) in [5.41, 5.74) is 3.33. The predicted octanol–water partition coefficient (Wildman–Crippen LogP) is 9.17. The molecule has 66 heavy (non-hydrogen) atoms. The van der Waals surface area contributed by atoms with Crippen molar-refractivity contribution in [1.29, 1.82) is 0 Å². The SMILES string of the molecule is CC(C)c1ccccc1[C@H]1CCCN1C1CC2(CCN(c3ccc(C(=O)NS(=O)(=O)c4cc5c(c([N+](=O)[O-])c4)O[C@H]([C@H]4CC[C@](C)(O)CC4)CO5)c(Oc4cnc5[nH]ccc5c4)c3)CC2)C1. The van der Waals surface area contributed by atoms with Crippen molar-refractivity contribution in [2.24, 2.45) is 11.3 Å². The van der Waals surface area contributed by atoms with Crippen LogP contribution in [-0.4, -0.2) is 83.2 Å². The Morgan fingerprint density at radius 1 is 1.02 bits per heavy atom. The first-order chi connectivity index (χ1) is 31.6. The fourth-order valence-electron chi connectivity index (χ4n) is 11.3. The Bertz CT molecular complexity index is 2770. The minimum Gasteiger partial charge on any atom is -0.485 e. The van der Waals surface area contributed by atoms with E-state index in [1.807, 2.05) is 12.1 Å². The number of aromatic amines is 1. The number of amides is 1. The highest BCUT2D eigenvalue weighted by atomic mass is 32.2. The number of hydrogen-bond acceptors (Lipinski definition) is 12. The van der Waals surface area contributed by atoms with Gasteiger partial charge in [-0.3, -0.25) is 19.8 Å². The average Bonchev–Trinajstić information content (AvgIpc) is 3.98. The molecule has 10 rings (SSSR count). The van der Waals surface area contributed by atoms with E-state index in [0.29, 0.717) is 60.5 Å². The quantitative estimate of drug-likeness (QED) is 0.0843. The molecule has 1 amide bonds. The van der Waals surface area contributed by atoms with E-state index >= 15 is 0 Å². The second-order valence-electron chi connectivity index (χ2n) is 19.9. The van der Waals surface area contributed by atoms with Crippen LogP contribution >= 0.6 is 0 Å². The maximum Gasteiger partial charge on any atom is 0.316 e.